The lowest BCUT2D eigenvalue weighted by Gasteiger charge is -2.38. The highest BCUT2D eigenvalue weighted by Gasteiger charge is 2.27. The maximum absolute atomic E-state index is 11.4. The van der Waals surface area contributed by atoms with E-state index in [0.29, 0.717) is 25.2 Å². The molecule has 0 bridgehead atoms. The Labute approximate surface area is 306 Å². The lowest BCUT2D eigenvalue weighted by Crippen LogP contribution is -2.49. The summed E-state index contributed by atoms with van der Waals surface area (Å²) in [5, 5.41) is 8.26. The minimum Gasteiger partial charge on any atom is -0.356 e. The Hall–Kier alpha value is -4.49. The van der Waals surface area contributed by atoms with Crippen LogP contribution in [0.1, 0.15) is 59.8 Å². The molecular weight excluding hydrogens is 652 g/mol. The lowest BCUT2D eigenvalue weighted by molar-refractivity contribution is -0.132. The third-order valence-electron chi connectivity index (χ3n) is 6.97. The first-order valence-corrected chi connectivity index (χ1v) is 17.4. The maximum atomic E-state index is 11.4. The second-order valence-corrected chi connectivity index (χ2v) is 11.3. The molecule has 3 N–H and O–H groups in total. The molecule has 2 rings (SSSR count). The Balaban J connectivity index is -0.000000579. The van der Waals surface area contributed by atoms with E-state index in [-0.39, 0.29) is 41.0 Å². The van der Waals surface area contributed by atoms with Crippen molar-refractivity contribution < 1.29 is 33.6 Å². The van der Waals surface area contributed by atoms with E-state index >= 15 is 0 Å². The Morgan fingerprint density at radius 3 is 1.43 bits per heavy atom. The summed E-state index contributed by atoms with van der Waals surface area (Å²) < 4.78 is 0. The molecule has 13 nitrogen and oxygen atoms in total. The highest BCUT2D eigenvalue weighted by atomic mass is 16.2. The van der Waals surface area contributed by atoms with Crippen LogP contribution in [-0.4, -0.2) is 130 Å². The van der Waals surface area contributed by atoms with E-state index in [1.165, 1.54) is 41.4 Å². The monoisotopic (exact) mass is 716 g/mol. The van der Waals surface area contributed by atoms with Crippen LogP contribution in [0.15, 0.2) is 61.3 Å². The van der Waals surface area contributed by atoms with E-state index in [1.807, 2.05) is 21.0 Å². The summed E-state index contributed by atoms with van der Waals surface area (Å²) in [4.78, 5) is 80.6. The minimum atomic E-state index is -0.0646. The van der Waals surface area contributed by atoms with Crippen LogP contribution in [0.3, 0.4) is 0 Å². The van der Waals surface area contributed by atoms with E-state index in [9.17, 15) is 33.6 Å². The molecule has 288 valence electrons. The Bertz CT molecular complexity index is 1180. The van der Waals surface area contributed by atoms with Crippen LogP contribution in [0.2, 0.25) is 0 Å². The van der Waals surface area contributed by atoms with Gasteiger partial charge < -0.3 is 30.7 Å². The maximum Gasteiger partial charge on any atom is 0.246 e. The number of hydrogen-bond donors (Lipinski definition) is 3. The summed E-state index contributed by atoms with van der Waals surface area (Å²) >= 11 is 0. The Morgan fingerprint density at radius 2 is 1.12 bits per heavy atom. The molecule has 0 unspecified atom stereocenters. The number of rotatable bonds is 15. The van der Waals surface area contributed by atoms with Gasteiger partial charge in [0, 0.05) is 104 Å². The summed E-state index contributed by atoms with van der Waals surface area (Å²) in [6.07, 6.45) is 17.1. The van der Waals surface area contributed by atoms with Crippen LogP contribution in [-0.2, 0) is 33.6 Å². The number of carbonyl (C=O) groups is 7. The van der Waals surface area contributed by atoms with E-state index in [0.717, 1.165) is 52.1 Å². The first-order valence-electron chi connectivity index (χ1n) is 17.4. The van der Waals surface area contributed by atoms with Crippen LogP contribution in [0.5, 0.6) is 0 Å². The fraction of sp³-hybridized carbons (Fsp3) is 0.553. The molecule has 0 aromatic heterocycles. The first-order chi connectivity index (χ1) is 24.2. The number of carbonyl (C=O) groups excluding carboxylic acids is 7. The number of likely N-dealkylation sites (N-methyl/N-ethyl adjacent to an activating group) is 4. The second-order valence-electron chi connectivity index (χ2n) is 11.3. The number of amides is 4. The number of nitrogens with zero attached hydrogens (tertiary/aromatic N) is 3. The zero-order chi connectivity index (χ0) is 39.6. The van der Waals surface area contributed by atoms with Gasteiger partial charge in [-0.3, -0.25) is 33.6 Å². The summed E-state index contributed by atoms with van der Waals surface area (Å²) in [7, 11) is 8.73. The summed E-state index contributed by atoms with van der Waals surface area (Å²) in [6.45, 7) is 15.6. The van der Waals surface area contributed by atoms with E-state index in [2.05, 4.69) is 29.5 Å². The van der Waals surface area contributed by atoms with Gasteiger partial charge in [-0.1, -0.05) is 46.4 Å². The average molecular weight is 717 g/mol. The third-order valence-corrected chi connectivity index (χ3v) is 6.97. The number of hydrogen-bond acceptors (Lipinski definition) is 9. The number of likely N-dealkylation sites (tertiary alicyclic amines) is 2. The van der Waals surface area contributed by atoms with E-state index in [4.69, 9.17) is 0 Å². The molecule has 4 amide bonds. The zero-order valence-electron chi connectivity index (χ0n) is 32.5. The normalized spacial score (nSPS) is 13.2. The molecule has 13 heteroatoms. The van der Waals surface area contributed by atoms with Gasteiger partial charge in [0.1, 0.15) is 0 Å². The van der Waals surface area contributed by atoms with Crippen LogP contribution in [0.4, 0.5) is 0 Å². The molecule has 51 heavy (non-hydrogen) atoms. The molecule has 2 heterocycles. The molecule has 0 saturated carbocycles. The highest BCUT2D eigenvalue weighted by molar-refractivity contribution is 5.98. The van der Waals surface area contributed by atoms with Gasteiger partial charge in [-0.25, -0.2) is 0 Å². The molecule has 0 aromatic rings. The van der Waals surface area contributed by atoms with Gasteiger partial charge in [-0.2, -0.15) is 0 Å². The number of ketones is 3. The molecular formula is C38H64N6O7. The fourth-order valence-corrected chi connectivity index (χ4v) is 3.26. The Morgan fingerprint density at radius 1 is 0.667 bits per heavy atom. The van der Waals surface area contributed by atoms with Gasteiger partial charge in [0.15, 0.2) is 17.3 Å². The van der Waals surface area contributed by atoms with Gasteiger partial charge in [0.25, 0.3) is 0 Å². The molecule has 0 radical (unpaired) electrons. The predicted molar refractivity (Wildman–Crippen MR) is 205 cm³/mol. The molecule has 0 atom stereocenters. The van der Waals surface area contributed by atoms with Gasteiger partial charge in [-0.15, -0.1) is 0 Å². The van der Waals surface area contributed by atoms with Crippen molar-refractivity contribution in [2.45, 2.75) is 59.8 Å². The minimum absolute atomic E-state index is 0.00359. The quantitative estimate of drug-likeness (QED) is 0.216. The van der Waals surface area contributed by atoms with Crippen molar-refractivity contribution in [3.63, 3.8) is 0 Å². The fourth-order valence-electron chi connectivity index (χ4n) is 3.26. The number of allylic oxidation sites excluding steroid dienone is 3. The van der Waals surface area contributed by atoms with Crippen molar-refractivity contribution in [1.82, 2.24) is 30.7 Å². The van der Waals surface area contributed by atoms with Gasteiger partial charge in [0.2, 0.25) is 23.6 Å². The molecule has 2 saturated heterocycles. The van der Waals surface area contributed by atoms with E-state index in [1.54, 1.807) is 63.0 Å². The summed E-state index contributed by atoms with van der Waals surface area (Å²) in [6, 6.07) is 0. The van der Waals surface area contributed by atoms with Crippen LogP contribution < -0.4 is 16.0 Å². The molecule has 0 spiro atoms. The summed E-state index contributed by atoms with van der Waals surface area (Å²) in [5.41, 5.74) is 0. The Kier molecular flexibility index (Phi) is 33.9. The van der Waals surface area contributed by atoms with Gasteiger partial charge in [0.05, 0.1) is 0 Å². The number of nitrogens with one attached hydrogen (secondary N) is 3. The van der Waals surface area contributed by atoms with Crippen molar-refractivity contribution >= 4 is 41.0 Å². The molecule has 0 aliphatic carbocycles. The standard InChI is InChI=1S/C11H17NO2.C9H13NO2.C7H14N2O.C6H12N2O.C5H8O/c1-3-9-7-12(8-9)11(14)6-5-10(13)4-2;1-2-8(11)4-5-9(12)10-6-3-7-10;1-8-6-4-5-7(10)9(2)3;1-7-5-3-4-6(9)8-2;1-3-5(6)4-2/h5-6,9H,3-4,7-8H2,1-2H3;4-5H,2-3,6-7H2,1H3;4-5,8H,6H2,1-3H3;3-4,7H,5H2,1-2H3,(H,8,9);3H,1,4H2,2H3/b6-5+;2*5-4+;4-3+;. The SMILES string of the molecule is C=CC(=O)CC.CCC(=O)/C=C/C(=O)N1CC(CC)C1.CCC(=O)/C=C/C(=O)N1CCC1.CNC/C=C/C(=O)N(C)C.CNC/C=C/C(=O)NC. The van der Waals surface area contributed by atoms with Crippen molar-refractivity contribution in [3.8, 4) is 0 Å². The van der Waals surface area contributed by atoms with Crippen molar-refractivity contribution in [2.24, 2.45) is 5.92 Å². The topological polar surface area (TPSA) is 165 Å². The zero-order valence-corrected chi connectivity index (χ0v) is 32.5. The van der Waals surface area contributed by atoms with Gasteiger partial charge in [-0.05, 0) is 51.1 Å². The molecule has 0 aromatic carbocycles. The predicted octanol–water partition coefficient (Wildman–Crippen LogP) is 2.65. The summed E-state index contributed by atoms with van der Waals surface area (Å²) in [5.74, 6) is 0.666. The molecule has 2 aliphatic rings. The molecule has 2 fully saturated rings. The van der Waals surface area contributed by atoms with Crippen LogP contribution >= 0.6 is 0 Å². The van der Waals surface area contributed by atoms with E-state index < -0.39 is 0 Å². The van der Waals surface area contributed by atoms with Crippen molar-refractivity contribution in [2.75, 3.05) is 74.5 Å². The van der Waals surface area contributed by atoms with Crippen LogP contribution in [0.25, 0.3) is 0 Å². The van der Waals surface area contributed by atoms with Crippen molar-refractivity contribution in [1.29, 1.82) is 0 Å². The first kappa shape index (κ1) is 50.9. The lowest BCUT2D eigenvalue weighted by atomic mass is 9.97. The van der Waals surface area contributed by atoms with Gasteiger partial charge >= 0.3 is 0 Å². The third kappa shape index (κ3) is 30.1. The highest BCUT2D eigenvalue weighted by Crippen LogP contribution is 2.18. The average Bonchev–Trinajstić information content (AvgIpc) is 3.08. The smallest absolute Gasteiger partial charge is 0.246 e. The largest absolute Gasteiger partial charge is 0.356 e. The molecule has 2 aliphatic heterocycles. The van der Waals surface area contributed by atoms with Crippen molar-refractivity contribution in [3.05, 3.63) is 61.3 Å². The van der Waals surface area contributed by atoms with Crippen LogP contribution in [0, 0.1) is 5.92 Å². The second kappa shape index (κ2) is 34.0.